The molecule has 0 aliphatic carbocycles. The third kappa shape index (κ3) is 4.73. The lowest BCUT2D eigenvalue weighted by molar-refractivity contribution is -0.139. The Balaban J connectivity index is 2.93. The summed E-state index contributed by atoms with van der Waals surface area (Å²) < 4.78 is 35.5. The zero-order valence-corrected chi connectivity index (χ0v) is 12.3. The van der Waals surface area contributed by atoms with Gasteiger partial charge in [0.15, 0.2) is 5.75 Å². The molecule has 6 N–H and O–H groups in total. The molecule has 0 saturated carbocycles. The minimum atomic E-state index is -4.78. The van der Waals surface area contributed by atoms with E-state index in [1.165, 1.54) is 0 Å². The molecule has 0 spiro atoms. The fraction of sp³-hybridized carbons (Fsp3) is 0.200. The second-order valence-electron chi connectivity index (χ2n) is 3.94. The van der Waals surface area contributed by atoms with Crippen LogP contribution in [0.25, 0.3) is 0 Å². The summed E-state index contributed by atoms with van der Waals surface area (Å²) in [6, 6.07) is 0.305. The fourth-order valence-corrected chi connectivity index (χ4v) is 2.16. The number of carboxylic acid groups (broad SMARTS) is 1. The Labute approximate surface area is 129 Å². The van der Waals surface area contributed by atoms with Crippen LogP contribution in [-0.4, -0.2) is 47.9 Å². The van der Waals surface area contributed by atoms with Crippen molar-refractivity contribution in [3.63, 3.8) is 0 Å². The van der Waals surface area contributed by atoms with Gasteiger partial charge in [-0.2, -0.15) is 8.42 Å². The second-order valence-corrected chi connectivity index (χ2v) is 5.77. The average molecular weight is 355 g/mol. The number of amides is 1. The summed E-state index contributed by atoms with van der Waals surface area (Å²) in [5.41, 5.74) is 4.64. The number of halogens is 1. The van der Waals surface area contributed by atoms with Crippen LogP contribution in [0, 0.1) is 0 Å². The molecule has 10 nitrogen and oxygen atoms in total. The number of nitrogens with two attached hydrogens (primary N) is 1. The van der Waals surface area contributed by atoms with Crippen molar-refractivity contribution in [1.29, 1.82) is 0 Å². The maximum atomic E-state index is 11.4. The zero-order valence-electron chi connectivity index (χ0n) is 10.7. The highest BCUT2D eigenvalue weighted by atomic mass is 35.5. The standard InChI is InChI=1S/C10H11ClN2O8S/c11-4-1-6(8(14)7(2-4)22(18,19)20)13-10(17)21-3-5(12)9(15)16/h1-2,5,14H,3,12H2,(H,13,17)(H,15,16)(H,18,19,20). The van der Waals surface area contributed by atoms with E-state index in [0.717, 1.165) is 12.1 Å². The fourth-order valence-electron chi connectivity index (χ4n) is 1.25. The van der Waals surface area contributed by atoms with E-state index in [1.54, 1.807) is 0 Å². The largest absolute Gasteiger partial charge is 0.504 e. The minimum absolute atomic E-state index is 0.206. The molecule has 1 rings (SSSR count). The lowest BCUT2D eigenvalue weighted by atomic mass is 10.3. The number of carboxylic acids is 1. The van der Waals surface area contributed by atoms with Gasteiger partial charge in [0.25, 0.3) is 10.1 Å². The molecule has 0 radical (unpaired) electrons. The number of aliphatic carboxylic acids is 1. The molecule has 0 fully saturated rings. The third-order valence-corrected chi connectivity index (χ3v) is 3.35. The Kier molecular flexibility index (Phi) is 5.54. The van der Waals surface area contributed by atoms with Crippen LogP contribution in [0.5, 0.6) is 5.75 Å². The first kappa shape index (κ1) is 18.0. The van der Waals surface area contributed by atoms with E-state index in [9.17, 15) is 23.1 Å². The molecule has 0 heterocycles. The van der Waals surface area contributed by atoms with Gasteiger partial charge in [-0.15, -0.1) is 0 Å². The van der Waals surface area contributed by atoms with E-state index in [2.05, 4.69) is 4.74 Å². The number of ether oxygens (including phenoxy) is 1. The maximum Gasteiger partial charge on any atom is 0.411 e. The molecule has 0 aromatic heterocycles. The number of phenolic OH excluding ortho intramolecular Hbond substituents is 1. The monoisotopic (exact) mass is 354 g/mol. The molecule has 12 heteroatoms. The summed E-state index contributed by atoms with van der Waals surface area (Å²) in [5.74, 6) is -2.36. The van der Waals surface area contributed by atoms with E-state index >= 15 is 0 Å². The van der Waals surface area contributed by atoms with Crippen molar-refractivity contribution in [1.82, 2.24) is 0 Å². The Bertz CT molecular complexity index is 705. The van der Waals surface area contributed by atoms with E-state index < -0.39 is 51.2 Å². The first-order valence-electron chi connectivity index (χ1n) is 5.44. The van der Waals surface area contributed by atoms with Crippen molar-refractivity contribution in [2.24, 2.45) is 5.73 Å². The molecule has 0 aliphatic rings. The normalized spacial score (nSPS) is 12.5. The highest BCUT2D eigenvalue weighted by Crippen LogP contribution is 2.34. The number of nitrogens with one attached hydrogen (secondary N) is 1. The van der Waals surface area contributed by atoms with Crippen LogP contribution < -0.4 is 11.1 Å². The van der Waals surface area contributed by atoms with Gasteiger partial charge >= 0.3 is 12.1 Å². The van der Waals surface area contributed by atoms with Gasteiger partial charge in [0.2, 0.25) is 0 Å². The molecule has 1 aromatic carbocycles. The number of hydrogen-bond donors (Lipinski definition) is 5. The number of aromatic hydroxyl groups is 1. The summed E-state index contributed by atoms with van der Waals surface area (Å²) in [6.45, 7) is -0.659. The first-order chi connectivity index (χ1) is 10.0. The predicted molar refractivity (Wildman–Crippen MR) is 73.5 cm³/mol. The SMILES string of the molecule is NC(COC(=O)Nc1cc(Cl)cc(S(=O)(=O)O)c1O)C(=O)O. The highest BCUT2D eigenvalue weighted by Gasteiger charge is 2.21. The summed E-state index contributed by atoms with van der Waals surface area (Å²) in [5, 5.41) is 19.9. The molecule has 1 aromatic rings. The molecule has 1 amide bonds. The summed E-state index contributed by atoms with van der Waals surface area (Å²) >= 11 is 5.60. The first-order valence-corrected chi connectivity index (χ1v) is 7.26. The van der Waals surface area contributed by atoms with Gasteiger partial charge in [-0.3, -0.25) is 14.7 Å². The molecule has 1 unspecified atom stereocenters. The molecular weight excluding hydrogens is 344 g/mol. The summed E-state index contributed by atoms with van der Waals surface area (Å²) in [7, 11) is -4.78. The van der Waals surface area contributed by atoms with Crippen molar-refractivity contribution < 1.29 is 37.5 Å². The molecule has 0 bridgehead atoms. The van der Waals surface area contributed by atoms with E-state index in [1.807, 2.05) is 5.32 Å². The highest BCUT2D eigenvalue weighted by molar-refractivity contribution is 7.86. The number of hydrogen-bond acceptors (Lipinski definition) is 7. The predicted octanol–water partition coefficient (Wildman–Crippen LogP) is 0.253. The Morgan fingerprint density at radius 2 is 2.00 bits per heavy atom. The van der Waals surface area contributed by atoms with Crippen molar-refractivity contribution in [3.05, 3.63) is 17.2 Å². The Morgan fingerprint density at radius 3 is 2.50 bits per heavy atom. The summed E-state index contributed by atoms with van der Waals surface area (Å²) in [6.07, 6.45) is -1.21. The number of rotatable bonds is 5. The van der Waals surface area contributed by atoms with Crippen LogP contribution in [0.1, 0.15) is 0 Å². The zero-order chi connectivity index (χ0) is 17.1. The van der Waals surface area contributed by atoms with Crippen LogP contribution in [-0.2, 0) is 19.6 Å². The smallest absolute Gasteiger partial charge is 0.411 e. The number of carbonyl (C=O) groups is 2. The minimum Gasteiger partial charge on any atom is -0.504 e. The Hall–Kier alpha value is -2.08. The molecule has 22 heavy (non-hydrogen) atoms. The van der Waals surface area contributed by atoms with Crippen molar-refractivity contribution >= 4 is 39.5 Å². The van der Waals surface area contributed by atoms with Gasteiger partial charge in [-0.25, -0.2) is 4.79 Å². The molecule has 122 valence electrons. The second kappa shape index (κ2) is 6.79. The number of phenols is 1. The van der Waals surface area contributed by atoms with Crippen LogP contribution in [0.4, 0.5) is 10.5 Å². The van der Waals surface area contributed by atoms with Crippen molar-refractivity contribution in [2.75, 3.05) is 11.9 Å². The van der Waals surface area contributed by atoms with Gasteiger partial charge in [-0.05, 0) is 12.1 Å². The van der Waals surface area contributed by atoms with Crippen LogP contribution >= 0.6 is 11.6 Å². The van der Waals surface area contributed by atoms with Gasteiger partial charge in [-0.1, -0.05) is 11.6 Å². The van der Waals surface area contributed by atoms with Gasteiger partial charge < -0.3 is 20.7 Å². The van der Waals surface area contributed by atoms with Crippen LogP contribution in [0.2, 0.25) is 5.02 Å². The molecular formula is C10H11ClN2O8S. The maximum absolute atomic E-state index is 11.4. The number of benzene rings is 1. The van der Waals surface area contributed by atoms with Gasteiger partial charge in [0.1, 0.15) is 17.5 Å². The van der Waals surface area contributed by atoms with Gasteiger partial charge in [0.05, 0.1) is 5.69 Å². The Morgan fingerprint density at radius 1 is 1.41 bits per heavy atom. The van der Waals surface area contributed by atoms with E-state index in [0.29, 0.717) is 0 Å². The molecule has 0 aliphatic heterocycles. The summed E-state index contributed by atoms with van der Waals surface area (Å²) in [4.78, 5) is 20.9. The third-order valence-electron chi connectivity index (χ3n) is 2.27. The van der Waals surface area contributed by atoms with Crippen molar-refractivity contribution in [3.8, 4) is 5.75 Å². The number of carbonyl (C=O) groups excluding carboxylic acids is 1. The molecule has 0 saturated heterocycles. The topological polar surface area (TPSA) is 176 Å². The van der Waals surface area contributed by atoms with Crippen LogP contribution in [0.3, 0.4) is 0 Å². The van der Waals surface area contributed by atoms with E-state index in [4.69, 9.17) is 27.0 Å². The van der Waals surface area contributed by atoms with E-state index in [-0.39, 0.29) is 5.02 Å². The van der Waals surface area contributed by atoms with Crippen LogP contribution in [0.15, 0.2) is 17.0 Å². The lowest BCUT2D eigenvalue weighted by Crippen LogP contribution is -2.36. The van der Waals surface area contributed by atoms with Gasteiger partial charge in [0, 0.05) is 5.02 Å². The number of anilines is 1. The lowest BCUT2D eigenvalue weighted by Gasteiger charge is -2.12. The average Bonchev–Trinajstić information content (AvgIpc) is 2.38. The van der Waals surface area contributed by atoms with Crippen molar-refractivity contribution in [2.45, 2.75) is 10.9 Å². The quantitative estimate of drug-likeness (QED) is 0.366. The molecule has 1 atom stereocenters.